The number of nitrogens with zero attached hydrogens (tertiary/aromatic N) is 7. The molecule has 1 unspecified atom stereocenters. The van der Waals surface area contributed by atoms with Gasteiger partial charge in [-0.1, -0.05) is 13.8 Å². The van der Waals surface area contributed by atoms with Gasteiger partial charge in [0.2, 0.25) is 5.91 Å². The van der Waals surface area contributed by atoms with E-state index in [1.807, 2.05) is 41.6 Å². The fourth-order valence-corrected chi connectivity index (χ4v) is 8.52. The molecule has 13 nitrogen and oxygen atoms in total. The van der Waals surface area contributed by atoms with Gasteiger partial charge in [0, 0.05) is 92.4 Å². The van der Waals surface area contributed by atoms with E-state index >= 15 is 8.78 Å². The van der Waals surface area contributed by atoms with Gasteiger partial charge < -0.3 is 33.1 Å². The van der Waals surface area contributed by atoms with Crippen molar-refractivity contribution in [1.29, 1.82) is 0 Å². The molecule has 1 saturated heterocycles. The predicted octanol–water partition coefficient (Wildman–Crippen LogP) is 7.02. The molecule has 0 spiro atoms. The number of fused-ring (bicyclic) bond motifs is 3. The fraction of sp³-hybridized carbons (Fsp3) is 0.488. The molecule has 296 valence electrons. The van der Waals surface area contributed by atoms with Gasteiger partial charge in [-0.3, -0.25) is 19.3 Å². The Bertz CT molecular complexity index is 2240. The molecule has 15 heteroatoms. The molecule has 3 aliphatic rings. The van der Waals surface area contributed by atoms with Crippen LogP contribution in [0.4, 0.5) is 20.3 Å². The largest absolute Gasteiger partial charge is 0.475 e. The van der Waals surface area contributed by atoms with Crippen molar-refractivity contribution in [3.8, 4) is 11.6 Å². The summed E-state index contributed by atoms with van der Waals surface area (Å²) in [6, 6.07) is 7.19. The van der Waals surface area contributed by atoms with E-state index in [1.165, 1.54) is 7.11 Å². The van der Waals surface area contributed by atoms with Crippen molar-refractivity contribution in [1.82, 2.24) is 29.4 Å². The first kappa shape index (κ1) is 37.6. The smallest absolute Gasteiger partial charge is 0.316 e. The molecule has 0 N–H and O–H groups in total. The number of rotatable bonds is 11. The third kappa shape index (κ3) is 7.01. The van der Waals surface area contributed by atoms with E-state index in [4.69, 9.17) is 23.8 Å². The number of anilines is 2. The summed E-state index contributed by atoms with van der Waals surface area (Å²) < 4.78 is 56.5. The zero-order valence-electron chi connectivity index (χ0n) is 32.2. The van der Waals surface area contributed by atoms with Crippen LogP contribution in [0, 0.1) is 5.92 Å². The maximum absolute atomic E-state index is 15.3. The predicted molar refractivity (Wildman–Crippen MR) is 203 cm³/mol. The van der Waals surface area contributed by atoms with E-state index < -0.39 is 18.3 Å². The molecule has 0 saturated carbocycles. The molecule has 4 aromatic heterocycles. The van der Waals surface area contributed by atoms with Crippen LogP contribution in [0.25, 0.3) is 16.6 Å². The van der Waals surface area contributed by atoms with Crippen molar-refractivity contribution in [2.75, 3.05) is 44.9 Å². The summed E-state index contributed by atoms with van der Waals surface area (Å²) in [5, 5.41) is 10.1. The number of pyridine rings is 1. The maximum Gasteiger partial charge on any atom is 0.316 e. The first-order valence-electron chi connectivity index (χ1n) is 19.4. The quantitative estimate of drug-likeness (QED) is 0.129. The summed E-state index contributed by atoms with van der Waals surface area (Å²) in [6.45, 7) is 8.62. The summed E-state index contributed by atoms with van der Waals surface area (Å²) in [5.74, 6) is 0.258. The highest BCUT2D eigenvalue weighted by Crippen LogP contribution is 2.43. The monoisotopic (exact) mass is 771 g/mol. The molecule has 1 aromatic carbocycles. The summed E-state index contributed by atoms with van der Waals surface area (Å²) in [5.41, 5.74) is 5.68. The Kier molecular flexibility index (Phi) is 10.5. The van der Waals surface area contributed by atoms with Gasteiger partial charge in [-0.05, 0) is 66.1 Å². The molecular formula is C41H47F2N7O6. The lowest BCUT2D eigenvalue weighted by Crippen LogP contribution is -2.36. The summed E-state index contributed by atoms with van der Waals surface area (Å²) in [6.07, 6.45) is 6.87. The summed E-state index contributed by atoms with van der Waals surface area (Å²) in [4.78, 5) is 33.2. The average molecular weight is 772 g/mol. The van der Waals surface area contributed by atoms with Crippen molar-refractivity contribution < 1.29 is 37.1 Å². The van der Waals surface area contributed by atoms with E-state index in [9.17, 15) is 9.59 Å². The molecule has 0 radical (unpaired) electrons. The van der Waals surface area contributed by atoms with Crippen molar-refractivity contribution in [3.63, 3.8) is 0 Å². The molecule has 8 rings (SSSR count). The van der Waals surface area contributed by atoms with Gasteiger partial charge >= 0.3 is 5.97 Å². The number of halogens is 2. The molecule has 1 fully saturated rings. The van der Waals surface area contributed by atoms with E-state index in [0.717, 1.165) is 65.0 Å². The van der Waals surface area contributed by atoms with E-state index in [0.29, 0.717) is 62.7 Å². The standard InChI is InChI=1S/C41H47F2N7O6/c1-24(2)38(41(52)53-4)36-20-37(46-56-36)55-17-9-27-22-49(35-21-44-12-7-29(27)35)34-18-26-6-5-13-48(33(26)19-30(34)39(42)43)40-31-23-47(25(3)51)14-8-32(31)50(45-40)28-10-15-54-16-11-28/h7,12,18-22,24,28,38-39H,5-6,8-11,13-17,23H2,1-4H3. The number of carbonyl (C=O) groups is 2. The fourth-order valence-electron chi connectivity index (χ4n) is 8.52. The number of aromatic nitrogens is 5. The molecule has 0 aliphatic carbocycles. The number of methoxy groups -OCH3 is 1. The van der Waals surface area contributed by atoms with E-state index in [2.05, 4.69) is 19.7 Å². The normalized spacial score (nSPS) is 16.7. The van der Waals surface area contributed by atoms with Crippen molar-refractivity contribution in [3.05, 3.63) is 76.6 Å². The van der Waals surface area contributed by atoms with Crippen LogP contribution in [-0.4, -0.2) is 81.3 Å². The van der Waals surface area contributed by atoms with Crippen LogP contribution in [0.3, 0.4) is 0 Å². The molecule has 3 aliphatic heterocycles. The Hall–Kier alpha value is -5.31. The van der Waals surface area contributed by atoms with Gasteiger partial charge in [-0.15, -0.1) is 0 Å². The van der Waals surface area contributed by atoms with Crippen molar-refractivity contribution >= 4 is 34.3 Å². The number of ether oxygens (including phenoxy) is 3. The molecule has 1 amide bonds. The molecule has 1 atom stereocenters. The van der Waals surface area contributed by atoms with Gasteiger partial charge in [0.25, 0.3) is 12.3 Å². The third-order valence-corrected chi connectivity index (χ3v) is 11.4. The summed E-state index contributed by atoms with van der Waals surface area (Å²) >= 11 is 0. The topological polar surface area (TPSA) is 130 Å². The lowest BCUT2D eigenvalue weighted by atomic mass is 9.93. The SMILES string of the molecule is COC(=O)C(c1cc(OCCc2cn(-c3cc4c(cc3C(F)F)N(c3nn(C5CCOCC5)c5c3CN(C(C)=O)CC5)CCC4)c3cnccc23)no1)C(C)C. The van der Waals surface area contributed by atoms with Crippen LogP contribution in [0.1, 0.15) is 92.1 Å². The minimum atomic E-state index is -2.76. The highest BCUT2D eigenvalue weighted by atomic mass is 19.3. The Morgan fingerprint density at radius 1 is 1.07 bits per heavy atom. The maximum atomic E-state index is 15.3. The van der Waals surface area contributed by atoms with Crippen LogP contribution in [0.5, 0.6) is 5.88 Å². The Labute approximate surface area is 323 Å². The molecule has 7 heterocycles. The summed E-state index contributed by atoms with van der Waals surface area (Å²) in [7, 11) is 1.34. The van der Waals surface area contributed by atoms with Crippen LogP contribution >= 0.6 is 0 Å². The number of hydrogen-bond acceptors (Lipinski definition) is 10. The van der Waals surface area contributed by atoms with Crippen LogP contribution in [0.2, 0.25) is 0 Å². The minimum absolute atomic E-state index is 0.00570. The number of amides is 1. The van der Waals surface area contributed by atoms with Crippen LogP contribution in [-0.2, 0) is 44.9 Å². The average Bonchev–Trinajstić information content (AvgIpc) is 3.93. The second kappa shape index (κ2) is 15.7. The highest BCUT2D eigenvalue weighted by Gasteiger charge is 2.35. The Morgan fingerprint density at radius 2 is 1.89 bits per heavy atom. The molecule has 5 aromatic rings. The number of hydrogen-bond donors (Lipinski definition) is 0. The number of alkyl halides is 2. The zero-order chi connectivity index (χ0) is 39.1. The number of carbonyl (C=O) groups excluding carboxylic acids is 2. The van der Waals surface area contributed by atoms with Gasteiger partial charge in [0.05, 0.1) is 43.7 Å². The lowest BCUT2D eigenvalue weighted by Gasteiger charge is -2.33. The first-order chi connectivity index (χ1) is 27.1. The van der Waals surface area contributed by atoms with Gasteiger partial charge in [0.15, 0.2) is 11.6 Å². The van der Waals surface area contributed by atoms with Crippen LogP contribution in [0.15, 0.2) is 47.4 Å². The van der Waals surface area contributed by atoms with Crippen molar-refractivity contribution in [2.45, 2.75) is 84.2 Å². The highest BCUT2D eigenvalue weighted by molar-refractivity contribution is 5.86. The Balaban J connectivity index is 1.11. The van der Waals surface area contributed by atoms with Crippen molar-refractivity contribution in [2.24, 2.45) is 5.92 Å². The van der Waals surface area contributed by atoms with E-state index in [-0.39, 0.29) is 35.9 Å². The number of benzene rings is 1. The second-order valence-electron chi connectivity index (χ2n) is 15.2. The van der Waals surface area contributed by atoms with Gasteiger partial charge in [-0.25, -0.2) is 8.78 Å². The minimum Gasteiger partial charge on any atom is -0.475 e. The van der Waals surface area contributed by atoms with Gasteiger partial charge in [0.1, 0.15) is 5.92 Å². The van der Waals surface area contributed by atoms with E-state index in [1.54, 1.807) is 31.5 Å². The number of aryl methyl sites for hydroxylation is 1. The Morgan fingerprint density at radius 3 is 2.64 bits per heavy atom. The molecular weight excluding hydrogens is 724 g/mol. The molecule has 56 heavy (non-hydrogen) atoms. The van der Waals surface area contributed by atoms with Gasteiger partial charge in [-0.2, -0.15) is 5.10 Å². The molecule has 0 bridgehead atoms. The lowest BCUT2D eigenvalue weighted by molar-refractivity contribution is -0.144. The number of esters is 1. The third-order valence-electron chi connectivity index (χ3n) is 11.4. The first-order valence-corrected chi connectivity index (χ1v) is 19.4. The zero-order valence-corrected chi connectivity index (χ0v) is 32.2. The second-order valence-corrected chi connectivity index (χ2v) is 15.2. The van der Waals surface area contributed by atoms with Crippen LogP contribution < -0.4 is 9.64 Å².